The van der Waals surface area contributed by atoms with E-state index in [1.807, 2.05) is 0 Å². The smallest absolute Gasteiger partial charge is 0.461 e. The molecule has 0 bridgehead atoms. The Kier molecular flexibility index (Phi) is 4.98. The first-order valence-corrected chi connectivity index (χ1v) is 8.53. The van der Waals surface area contributed by atoms with Crippen molar-refractivity contribution in [3.05, 3.63) is 11.3 Å². The van der Waals surface area contributed by atoms with Gasteiger partial charge in [0.1, 0.15) is 17.7 Å². The quantitative estimate of drug-likeness (QED) is 0.359. The van der Waals surface area contributed by atoms with Crippen molar-refractivity contribution in [2.24, 2.45) is 0 Å². The van der Waals surface area contributed by atoms with Gasteiger partial charge in [-0.3, -0.25) is 19.3 Å². The molecule has 0 spiro atoms. The van der Waals surface area contributed by atoms with Crippen LogP contribution in [0.4, 0.5) is 13.2 Å². The van der Waals surface area contributed by atoms with Crippen LogP contribution in [0.5, 0.6) is 0 Å². The molecule has 0 aliphatic carbocycles. The molecule has 2 heterocycles. The number of nitrogens with zero attached hydrogens (tertiary/aromatic N) is 1. The average molecular weight is 400 g/mol. The molecule has 26 heavy (non-hydrogen) atoms. The van der Waals surface area contributed by atoms with Crippen LogP contribution >= 0.6 is 0 Å². The fourth-order valence-electron chi connectivity index (χ4n) is 2.26. The number of hydroxylamine groups is 1. The van der Waals surface area contributed by atoms with Gasteiger partial charge in [-0.05, 0) is 0 Å². The molecule has 2 aliphatic heterocycles. The van der Waals surface area contributed by atoms with E-state index in [2.05, 4.69) is 9.57 Å². The number of nitrogens with one attached hydrogen (secondary N) is 1. The minimum atomic E-state index is -5.33. The topological polar surface area (TPSA) is 136 Å². The number of ether oxygens (including phenoxy) is 1. The van der Waals surface area contributed by atoms with E-state index < -0.39 is 69.6 Å². The minimum absolute atomic E-state index is 0.365. The molecule has 2 rings (SSSR count). The Balaban J connectivity index is 2.31. The van der Waals surface area contributed by atoms with Gasteiger partial charge < -0.3 is 9.57 Å². The van der Waals surface area contributed by atoms with Gasteiger partial charge in [-0.2, -0.15) is 18.7 Å². The van der Waals surface area contributed by atoms with Crippen molar-refractivity contribution in [2.75, 3.05) is 12.4 Å². The number of rotatable bonds is 3. The molecule has 1 saturated heterocycles. The highest BCUT2D eigenvalue weighted by Crippen LogP contribution is 2.36. The lowest BCUT2D eigenvalue weighted by atomic mass is 10.1. The molecule has 0 saturated carbocycles. The highest BCUT2D eigenvalue weighted by atomic mass is 32.2. The Morgan fingerprint density at radius 2 is 1.92 bits per heavy atom. The first kappa shape index (κ1) is 19.7. The second-order valence-electron chi connectivity index (χ2n) is 5.28. The highest BCUT2D eigenvalue weighted by Gasteiger charge is 2.53. The predicted molar refractivity (Wildman–Crippen MR) is 73.0 cm³/mol. The van der Waals surface area contributed by atoms with Crippen molar-refractivity contribution in [3.63, 3.8) is 0 Å². The van der Waals surface area contributed by atoms with Crippen molar-refractivity contribution < 1.29 is 50.3 Å². The number of alkyl halides is 3. The lowest BCUT2D eigenvalue weighted by Crippen LogP contribution is -2.61. The summed E-state index contributed by atoms with van der Waals surface area (Å²) in [6, 6.07) is 0. The number of fused-ring (bicyclic) bond motifs is 1. The molecule has 0 aromatic carbocycles. The molecular weight excluding hydrogens is 389 g/mol. The predicted octanol–water partition coefficient (Wildman–Crippen LogP) is -1.07. The molecular formula is C12H11F3N2O8S. The summed E-state index contributed by atoms with van der Waals surface area (Å²) in [6.07, 6.45) is -5.75. The van der Waals surface area contributed by atoms with Gasteiger partial charge in [0.25, 0.3) is 0 Å². The number of β-lactam (4-membered cyclic amide) rings is 1. The molecule has 0 aromatic heterocycles. The number of amides is 2. The van der Waals surface area contributed by atoms with Gasteiger partial charge in [-0.25, -0.2) is 13.2 Å². The van der Waals surface area contributed by atoms with Gasteiger partial charge >= 0.3 is 24.0 Å². The molecule has 1 atom stereocenters. The summed E-state index contributed by atoms with van der Waals surface area (Å²) in [7, 11) is -3.89. The zero-order valence-corrected chi connectivity index (χ0v) is 13.8. The van der Waals surface area contributed by atoms with E-state index in [4.69, 9.17) is 0 Å². The van der Waals surface area contributed by atoms with E-state index in [-0.39, 0.29) is 5.57 Å². The van der Waals surface area contributed by atoms with Crippen LogP contribution < -0.4 is 5.48 Å². The Morgan fingerprint density at radius 1 is 1.31 bits per heavy atom. The molecule has 2 aliphatic rings. The van der Waals surface area contributed by atoms with Crippen molar-refractivity contribution in [3.8, 4) is 0 Å². The van der Waals surface area contributed by atoms with Crippen LogP contribution in [0.25, 0.3) is 0 Å². The minimum Gasteiger partial charge on any atom is -0.461 e. The van der Waals surface area contributed by atoms with Crippen LogP contribution in [0.3, 0.4) is 0 Å². The van der Waals surface area contributed by atoms with Gasteiger partial charge in [0, 0.05) is 12.5 Å². The average Bonchev–Trinajstić information content (AvgIpc) is 2.49. The summed E-state index contributed by atoms with van der Waals surface area (Å²) in [5.74, 6) is -6.58. The third-order valence-electron chi connectivity index (χ3n) is 3.41. The second-order valence-corrected chi connectivity index (χ2v) is 7.44. The molecule has 1 fully saturated rings. The van der Waals surface area contributed by atoms with Crippen LogP contribution in [0, 0.1) is 0 Å². The molecule has 0 aromatic rings. The zero-order valence-electron chi connectivity index (χ0n) is 13.0. The van der Waals surface area contributed by atoms with Crippen molar-refractivity contribution in [1.82, 2.24) is 10.4 Å². The summed E-state index contributed by atoms with van der Waals surface area (Å²) >= 11 is 0. The number of carbonyl (C=O) groups excluding carboxylic acids is 4. The van der Waals surface area contributed by atoms with Crippen LogP contribution in [-0.2, 0) is 38.6 Å². The third-order valence-corrected chi connectivity index (χ3v) is 5.37. The van der Waals surface area contributed by atoms with Crippen molar-refractivity contribution >= 4 is 33.6 Å². The summed E-state index contributed by atoms with van der Waals surface area (Å²) in [5.41, 5.74) is -0.198. The summed E-state index contributed by atoms with van der Waals surface area (Å²) in [6.45, 7) is 0.291. The van der Waals surface area contributed by atoms with E-state index in [0.717, 1.165) is 12.4 Å². The Morgan fingerprint density at radius 3 is 2.42 bits per heavy atom. The molecule has 0 unspecified atom stereocenters. The van der Waals surface area contributed by atoms with Crippen LogP contribution in [0.2, 0.25) is 0 Å². The van der Waals surface area contributed by atoms with Crippen LogP contribution in [0.15, 0.2) is 11.3 Å². The van der Waals surface area contributed by atoms with Crippen LogP contribution in [-0.4, -0.2) is 61.0 Å². The molecule has 1 N–H and O–H groups in total. The number of halogens is 3. The summed E-state index contributed by atoms with van der Waals surface area (Å²) < 4.78 is 65.1. The molecule has 0 radical (unpaired) electrons. The molecule has 10 nitrogen and oxygen atoms in total. The maximum absolute atomic E-state index is 12.1. The fourth-order valence-corrected chi connectivity index (χ4v) is 4.10. The number of sulfone groups is 1. The maximum atomic E-state index is 12.1. The SMILES string of the molecule is CC(=O)OCC1=C(C(=O)ONC(=O)C(F)(F)F)N2C(=O)C[C@@H]2S(=O)(=O)C1. The Hall–Kier alpha value is -2.64. The highest BCUT2D eigenvalue weighted by molar-refractivity contribution is 7.92. The second kappa shape index (κ2) is 6.59. The normalized spacial score (nSPS) is 21.5. The summed E-state index contributed by atoms with van der Waals surface area (Å²) in [5, 5.41) is -1.38. The van der Waals surface area contributed by atoms with Crippen molar-refractivity contribution in [1.29, 1.82) is 0 Å². The van der Waals surface area contributed by atoms with E-state index in [1.165, 1.54) is 0 Å². The van der Waals surface area contributed by atoms with Gasteiger partial charge in [0.05, 0.1) is 12.2 Å². The van der Waals surface area contributed by atoms with E-state index in [9.17, 15) is 40.8 Å². The zero-order chi connectivity index (χ0) is 19.9. The van der Waals surface area contributed by atoms with Crippen LogP contribution in [0.1, 0.15) is 13.3 Å². The van der Waals surface area contributed by atoms with E-state index >= 15 is 0 Å². The monoisotopic (exact) mass is 400 g/mol. The first-order chi connectivity index (χ1) is 11.8. The maximum Gasteiger partial charge on any atom is 0.474 e. The van der Waals surface area contributed by atoms with Gasteiger partial charge in [-0.15, -0.1) is 0 Å². The van der Waals surface area contributed by atoms with Crippen molar-refractivity contribution in [2.45, 2.75) is 24.9 Å². The molecule has 2 amide bonds. The molecule has 14 heteroatoms. The largest absolute Gasteiger partial charge is 0.474 e. The summed E-state index contributed by atoms with van der Waals surface area (Å²) in [4.78, 5) is 49.9. The van der Waals surface area contributed by atoms with Gasteiger partial charge in [0.2, 0.25) is 5.91 Å². The van der Waals surface area contributed by atoms with Gasteiger partial charge in [0.15, 0.2) is 9.84 Å². The lowest BCUT2D eigenvalue weighted by molar-refractivity contribution is -0.188. The standard InChI is InChI=1S/C12H11F3N2O8S/c1-5(18)24-3-6-4-26(22,23)8-2-7(19)17(8)9(6)10(20)25-16-11(21)12(13,14)15/h8H,2-4H2,1H3,(H,16,21)/t8-/m0/s1. The fraction of sp³-hybridized carbons (Fsp3) is 0.500. The number of carbonyl (C=O) groups is 4. The number of esters is 1. The lowest BCUT2D eigenvalue weighted by Gasteiger charge is -2.43. The number of hydrogen-bond donors (Lipinski definition) is 1. The Labute approximate surface area is 143 Å². The third kappa shape index (κ3) is 3.79. The van der Waals surface area contributed by atoms with Gasteiger partial charge in [-0.1, -0.05) is 0 Å². The Bertz CT molecular complexity index is 817. The first-order valence-electron chi connectivity index (χ1n) is 6.82. The van der Waals surface area contributed by atoms with E-state index in [1.54, 1.807) is 0 Å². The van der Waals surface area contributed by atoms with E-state index in [0.29, 0.717) is 4.90 Å². The number of hydrogen-bond acceptors (Lipinski definition) is 8. The molecule has 144 valence electrons.